The Hall–Kier alpha value is -3.31. The molecule has 1 atom stereocenters. The van der Waals surface area contributed by atoms with E-state index in [1.807, 2.05) is 93.6 Å². The van der Waals surface area contributed by atoms with E-state index in [0.29, 0.717) is 17.2 Å². The maximum Gasteiger partial charge on any atom is 0.261 e. The summed E-state index contributed by atoms with van der Waals surface area (Å²) in [6.07, 6.45) is 0.385. The summed E-state index contributed by atoms with van der Waals surface area (Å²) in [6, 6.07) is 23.8. The van der Waals surface area contributed by atoms with Gasteiger partial charge in [0.1, 0.15) is 11.8 Å². The SMILES string of the molecule is Cc1ccccc1OCC(=O)N(Cc1cccc(Cl)c1)[C@@H](Cc1ccccc1)C(=O)NC(C)C. The van der Waals surface area contributed by atoms with Gasteiger partial charge >= 0.3 is 0 Å². The summed E-state index contributed by atoms with van der Waals surface area (Å²) in [5.74, 6) is 0.165. The van der Waals surface area contributed by atoms with Gasteiger partial charge in [0.05, 0.1) is 0 Å². The number of halogens is 1. The van der Waals surface area contributed by atoms with Crippen LogP contribution in [0.3, 0.4) is 0 Å². The van der Waals surface area contributed by atoms with Crippen LogP contribution in [-0.4, -0.2) is 35.4 Å². The van der Waals surface area contributed by atoms with Crippen LogP contribution in [0.2, 0.25) is 5.02 Å². The molecule has 0 spiro atoms. The Balaban J connectivity index is 1.92. The number of hydrogen-bond donors (Lipinski definition) is 1. The third-order valence-electron chi connectivity index (χ3n) is 5.39. The second kappa shape index (κ2) is 12.2. The number of nitrogens with zero attached hydrogens (tertiary/aromatic N) is 1. The van der Waals surface area contributed by atoms with Crippen LogP contribution in [0.5, 0.6) is 5.75 Å². The number of rotatable bonds is 10. The molecule has 0 aliphatic carbocycles. The van der Waals surface area contributed by atoms with Gasteiger partial charge in [-0.15, -0.1) is 0 Å². The fraction of sp³-hybridized carbons (Fsp3) is 0.286. The molecular weight excluding hydrogens is 448 g/mol. The topological polar surface area (TPSA) is 58.6 Å². The molecule has 0 bridgehead atoms. The average molecular weight is 479 g/mol. The van der Waals surface area contributed by atoms with Crippen molar-refractivity contribution in [3.05, 3.63) is 101 Å². The zero-order chi connectivity index (χ0) is 24.5. The minimum absolute atomic E-state index is 0.0582. The molecule has 0 saturated carbocycles. The van der Waals surface area contributed by atoms with E-state index in [1.54, 1.807) is 11.0 Å². The Labute approximate surface area is 206 Å². The van der Waals surface area contributed by atoms with Crippen LogP contribution in [0.25, 0.3) is 0 Å². The molecule has 178 valence electrons. The van der Waals surface area contributed by atoms with Gasteiger partial charge in [0.25, 0.3) is 5.91 Å². The summed E-state index contributed by atoms with van der Waals surface area (Å²) in [5, 5.41) is 3.56. The normalized spacial score (nSPS) is 11.7. The standard InChI is InChI=1S/C28H31ClN2O3/c1-20(2)30-28(33)25(17-22-11-5-4-6-12-22)31(18-23-13-9-14-24(29)16-23)27(32)19-34-26-15-8-7-10-21(26)3/h4-16,20,25H,17-19H2,1-3H3,(H,30,33)/t25-/m0/s1. The number of hydrogen-bond acceptors (Lipinski definition) is 3. The highest BCUT2D eigenvalue weighted by Gasteiger charge is 2.31. The molecule has 3 aromatic carbocycles. The number of para-hydroxylation sites is 1. The fourth-order valence-corrected chi connectivity index (χ4v) is 3.92. The van der Waals surface area contributed by atoms with Gasteiger partial charge in [-0.2, -0.15) is 0 Å². The van der Waals surface area contributed by atoms with Gasteiger partial charge in [0.15, 0.2) is 6.61 Å². The van der Waals surface area contributed by atoms with E-state index in [0.717, 1.165) is 16.7 Å². The van der Waals surface area contributed by atoms with Gasteiger partial charge in [-0.3, -0.25) is 9.59 Å². The number of carbonyl (C=O) groups is 2. The third-order valence-corrected chi connectivity index (χ3v) is 5.62. The lowest BCUT2D eigenvalue weighted by Crippen LogP contribution is -2.52. The number of ether oxygens (including phenoxy) is 1. The fourth-order valence-electron chi connectivity index (χ4n) is 3.71. The van der Waals surface area contributed by atoms with Crippen molar-refractivity contribution >= 4 is 23.4 Å². The first-order chi connectivity index (χ1) is 16.3. The van der Waals surface area contributed by atoms with Gasteiger partial charge in [-0.05, 0) is 55.7 Å². The lowest BCUT2D eigenvalue weighted by Gasteiger charge is -2.32. The van der Waals surface area contributed by atoms with Crippen molar-refractivity contribution in [2.24, 2.45) is 0 Å². The maximum atomic E-state index is 13.5. The van der Waals surface area contributed by atoms with Crippen LogP contribution in [0.4, 0.5) is 0 Å². The molecule has 0 heterocycles. The van der Waals surface area contributed by atoms with Crippen molar-refractivity contribution in [2.45, 2.75) is 45.8 Å². The minimum Gasteiger partial charge on any atom is -0.484 e. The molecule has 0 radical (unpaired) electrons. The molecule has 0 fully saturated rings. The van der Waals surface area contributed by atoms with E-state index in [-0.39, 0.29) is 31.0 Å². The van der Waals surface area contributed by atoms with Crippen molar-refractivity contribution in [3.63, 3.8) is 0 Å². The molecule has 3 rings (SSSR count). The first-order valence-corrected chi connectivity index (χ1v) is 11.8. The number of amides is 2. The molecule has 0 unspecified atom stereocenters. The molecule has 0 saturated heterocycles. The molecule has 0 aliphatic heterocycles. The number of carbonyl (C=O) groups excluding carboxylic acids is 2. The summed E-state index contributed by atoms with van der Waals surface area (Å²) < 4.78 is 5.85. The average Bonchev–Trinajstić information content (AvgIpc) is 2.81. The van der Waals surface area contributed by atoms with Gasteiger partial charge in [-0.25, -0.2) is 0 Å². The van der Waals surface area contributed by atoms with Gasteiger partial charge < -0.3 is 15.0 Å². The summed E-state index contributed by atoms with van der Waals surface area (Å²) >= 11 is 6.20. The molecule has 2 amide bonds. The van der Waals surface area contributed by atoms with Gasteiger partial charge in [0.2, 0.25) is 5.91 Å². The van der Waals surface area contributed by atoms with Crippen LogP contribution >= 0.6 is 11.6 Å². The Morgan fingerprint density at radius 2 is 1.62 bits per heavy atom. The summed E-state index contributed by atoms with van der Waals surface area (Å²) in [7, 11) is 0. The first-order valence-electron chi connectivity index (χ1n) is 11.4. The van der Waals surface area contributed by atoms with E-state index in [2.05, 4.69) is 5.32 Å². The highest BCUT2D eigenvalue weighted by atomic mass is 35.5. The van der Waals surface area contributed by atoms with Crippen molar-refractivity contribution in [1.82, 2.24) is 10.2 Å². The molecule has 0 aromatic heterocycles. The maximum absolute atomic E-state index is 13.5. The zero-order valence-corrected chi connectivity index (χ0v) is 20.6. The molecule has 5 nitrogen and oxygen atoms in total. The monoisotopic (exact) mass is 478 g/mol. The highest BCUT2D eigenvalue weighted by Crippen LogP contribution is 2.20. The van der Waals surface area contributed by atoms with Crippen LogP contribution in [0.1, 0.15) is 30.5 Å². The largest absolute Gasteiger partial charge is 0.484 e. The molecular formula is C28H31ClN2O3. The second-order valence-corrected chi connectivity index (χ2v) is 9.01. The summed E-state index contributed by atoms with van der Waals surface area (Å²) in [4.78, 5) is 28.4. The van der Waals surface area contributed by atoms with Gasteiger partial charge in [-0.1, -0.05) is 72.3 Å². The summed E-state index contributed by atoms with van der Waals surface area (Å²) in [5.41, 5.74) is 2.75. The van der Waals surface area contributed by atoms with Crippen molar-refractivity contribution in [3.8, 4) is 5.75 Å². The first kappa shape index (κ1) is 25.3. The Morgan fingerprint density at radius 1 is 0.941 bits per heavy atom. The van der Waals surface area contributed by atoms with Crippen LogP contribution in [0.15, 0.2) is 78.9 Å². The van der Waals surface area contributed by atoms with Crippen molar-refractivity contribution < 1.29 is 14.3 Å². The Bertz CT molecular complexity index is 1100. The van der Waals surface area contributed by atoms with Crippen molar-refractivity contribution in [1.29, 1.82) is 0 Å². The Morgan fingerprint density at radius 3 is 2.29 bits per heavy atom. The molecule has 3 aromatic rings. The Kier molecular flexibility index (Phi) is 9.11. The third kappa shape index (κ3) is 7.35. The second-order valence-electron chi connectivity index (χ2n) is 8.57. The van der Waals surface area contributed by atoms with Crippen LogP contribution in [-0.2, 0) is 22.6 Å². The van der Waals surface area contributed by atoms with E-state index in [1.165, 1.54) is 0 Å². The van der Waals surface area contributed by atoms with Crippen LogP contribution in [0, 0.1) is 6.92 Å². The molecule has 6 heteroatoms. The predicted molar refractivity (Wildman–Crippen MR) is 136 cm³/mol. The van der Waals surface area contributed by atoms with E-state index < -0.39 is 6.04 Å². The predicted octanol–water partition coefficient (Wildman–Crippen LogP) is 5.19. The van der Waals surface area contributed by atoms with E-state index >= 15 is 0 Å². The van der Waals surface area contributed by atoms with Crippen molar-refractivity contribution in [2.75, 3.05) is 6.61 Å². The van der Waals surface area contributed by atoms with Crippen LogP contribution < -0.4 is 10.1 Å². The molecule has 0 aliphatic rings. The summed E-state index contributed by atoms with van der Waals surface area (Å²) in [6.45, 7) is 5.80. The quantitative estimate of drug-likeness (QED) is 0.436. The minimum atomic E-state index is -0.711. The number of benzene rings is 3. The number of aryl methyl sites for hydroxylation is 1. The van der Waals surface area contributed by atoms with E-state index in [4.69, 9.17) is 16.3 Å². The smallest absolute Gasteiger partial charge is 0.261 e. The molecule has 34 heavy (non-hydrogen) atoms. The number of nitrogens with one attached hydrogen (secondary N) is 1. The van der Waals surface area contributed by atoms with E-state index in [9.17, 15) is 9.59 Å². The lowest BCUT2D eigenvalue weighted by molar-refractivity contribution is -0.143. The zero-order valence-electron chi connectivity index (χ0n) is 19.8. The van der Waals surface area contributed by atoms with Gasteiger partial charge in [0, 0.05) is 24.0 Å². The highest BCUT2D eigenvalue weighted by molar-refractivity contribution is 6.30. The lowest BCUT2D eigenvalue weighted by atomic mass is 10.0. The molecule has 1 N–H and O–H groups in total.